The maximum atomic E-state index is 13.7. The van der Waals surface area contributed by atoms with Crippen molar-refractivity contribution in [2.75, 3.05) is 20.3 Å². The number of hydrogen-bond acceptors (Lipinski definition) is 3. The van der Waals surface area contributed by atoms with Crippen LogP contribution < -0.4 is 9.47 Å². The first-order valence-electron chi connectivity index (χ1n) is 10.2. The number of carbonyl (C=O) groups is 1. The number of nitrogens with zero attached hydrogens (tertiary/aromatic N) is 2. The van der Waals surface area contributed by atoms with E-state index in [0.29, 0.717) is 6.61 Å². The molecule has 0 spiro atoms. The molecule has 1 aromatic heterocycles. The first-order chi connectivity index (χ1) is 14.0. The molecule has 0 aliphatic carbocycles. The Hall–Kier alpha value is -2.95. The summed E-state index contributed by atoms with van der Waals surface area (Å²) in [5.41, 5.74) is 3.93. The maximum Gasteiger partial charge on any atom is 0.256 e. The van der Waals surface area contributed by atoms with E-state index in [1.807, 2.05) is 62.2 Å². The fourth-order valence-electron chi connectivity index (χ4n) is 4.43. The summed E-state index contributed by atoms with van der Waals surface area (Å²) in [6.45, 7) is 5.35. The van der Waals surface area contributed by atoms with Crippen LogP contribution in [-0.4, -0.2) is 35.6 Å². The second-order valence-corrected chi connectivity index (χ2v) is 7.56. The van der Waals surface area contributed by atoms with Crippen molar-refractivity contribution in [3.8, 4) is 11.5 Å². The lowest BCUT2D eigenvalue weighted by atomic mass is 10.0. The topological polar surface area (TPSA) is 43.7 Å². The molecule has 1 saturated heterocycles. The maximum absolute atomic E-state index is 13.7. The zero-order valence-electron chi connectivity index (χ0n) is 17.6. The predicted molar refractivity (Wildman–Crippen MR) is 115 cm³/mol. The lowest BCUT2D eigenvalue weighted by Gasteiger charge is -2.25. The third kappa shape index (κ3) is 3.35. The number of methoxy groups -OCH3 is 1. The average Bonchev–Trinajstić information content (AvgIpc) is 3.32. The Morgan fingerprint density at radius 2 is 2.00 bits per heavy atom. The Labute approximate surface area is 171 Å². The van der Waals surface area contributed by atoms with Crippen molar-refractivity contribution in [3.63, 3.8) is 0 Å². The fraction of sp³-hybridized carbons (Fsp3) is 0.375. The smallest absolute Gasteiger partial charge is 0.256 e. The molecule has 1 aliphatic rings. The molecule has 3 aromatic rings. The highest BCUT2D eigenvalue weighted by Gasteiger charge is 2.33. The minimum Gasteiger partial charge on any atom is -0.497 e. The van der Waals surface area contributed by atoms with Crippen molar-refractivity contribution in [1.29, 1.82) is 0 Å². The van der Waals surface area contributed by atoms with Gasteiger partial charge in [0.2, 0.25) is 0 Å². The number of likely N-dealkylation sites (tertiary alicyclic amines) is 1. The van der Waals surface area contributed by atoms with E-state index in [4.69, 9.17) is 9.47 Å². The molecule has 0 saturated carbocycles. The lowest BCUT2D eigenvalue weighted by Crippen LogP contribution is -2.31. The molecule has 1 atom stereocenters. The zero-order valence-corrected chi connectivity index (χ0v) is 17.6. The van der Waals surface area contributed by atoms with E-state index in [0.717, 1.165) is 58.6 Å². The van der Waals surface area contributed by atoms with Crippen molar-refractivity contribution >= 4 is 16.8 Å². The Morgan fingerprint density at radius 3 is 2.76 bits per heavy atom. The molecule has 0 unspecified atom stereocenters. The van der Waals surface area contributed by atoms with Gasteiger partial charge >= 0.3 is 0 Å². The van der Waals surface area contributed by atoms with Gasteiger partial charge in [0.05, 0.1) is 25.3 Å². The number of benzene rings is 2. The van der Waals surface area contributed by atoms with Gasteiger partial charge in [0.15, 0.2) is 0 Å². The normalized spacial score (nSPS) is 16.4. The number of carbonyl (C=O) groups excluding carboxylic acids is 1. The number of hydrogen-bond donors (Lipinski definition) is 0. The van der Waals surface area contributed by atoms with Crippen LogP contribution in [0.1, 0.15) is 47.4 Å². The summed E-state index contributed by atoms with van der Waals surface area (Å²) in [7, 11) is 3.68. The molecule has 2 heterocycles. The first-order valence-corrected chi connectivity index (χ1v) is 10.2. The van der Waals surface area contributed by atoms with E-state index in [-0.39, 0.29) is 11.9 Å². The van der Waals surface area contributed by atoms with E-state index in [9.17, 15) is 4.79 Å². The second-order valence-electron chi connectivity index (χ2n) is 7.56. The Kier molecular flexibility index (Phi) is 5.22. The van der Waals surface area contributed by atoms with Crippen LogP contribution in [0.2, 0.25) is 0 Å². The van der Waals surface area contributed by atoms with Gasteiger partial charge in [-0.05, 0) is 62.6 Å². The van der Waals surface area contributed by atoms with Gasteiger partial charge in [0.1, 0.15) is 11.5 Å². The molecule has 5 nitrogen and oxygen atoms in total. The van der Waals surface area contributed by atoms with Crippen LogP contribution in [0.25, 0.3) is 10.9 Å². The van der Waals surface area contributed by atoms with Gasteiger partial charge in [-0.1, -0.05) is 12.1 Å². The number of aromatic nitrogens is 1. The second kappa shape index (κ2) is 7.82. The molecule has 5 heteroatoms. The summed E-state index contributed by atoms with van der Waals surface area (Å²) in [6, 6.07) is 14.1. The molecule has 0 bridgehead atoms. The molecule has 1 amide bonds. The van der Waals surface area contributed by atoms with Gasteiger partial charge in [-0.2, -0.15) is 0 Å². The van der Waals surface area contributed by atoms with Crippen LogP contribution >= 0.6 is 0 Å². The summed E-state index contributed by atoms with van der Waals surface area (Å²) in [5, 5.41) is 0.956. The Bertz CT molecular complexity index is 1050. The molecule has 152 valence electrons. The quantitative estimate of drug-likeness (QED) is 0.622. The molecule has 2 aromatic carbocycles. The van der Waals surface area contributed by atoms with Crippen molar-refractivity contribution in [3.05, 3.63) is 59.3 Å². The predicted octanol–water partition coefficient (Wildman–Crippen LogP) is 4.87. The summed E-state index contributed by atoms with van der Waals surface area (Å²) in [6.07, 6.45) is 1.97. The third-order valence-corrected chi connectivity index (χ3v) is 5.98. The number of aryl methyl sites for hydroxylation is 1. The SMILES string of the molecule is CCOc1ccc2c(c1)c(C(=O)N1CCC[C@H]1c1cccc(OC)c1)c(C)n2C. The molecule has 0 N–H and O–H groups in total. The highest BCUT2D eigenvalue weighted by atomic mass is 16.5. The van der Waals surface area contributed by atoms with Crippen LogP contribution in [-0.2, 0) is 7.05 Å². The van der Waals surface area contributed by atoms with E-state index >= 15 is 0 Å². The van der Waals surface area contributed by atoms with Crippen LogP contribution in [0, 0.1) is 6.92 Å². The standard InChI is InChI=1S/C24H28N2O3/c1-5-29-19-11-12-22-20(15-19)23(16(2)25(22)3)24(27)26-13-7-10-21(26)17-8-6-9-18(14-17)28-4/h6,8-9,11-12,14-15,21H,5,7,10,13H2,1-4H3/t21-/m0/s1. The molecule has 4 rings (SSSR count). The summed E-state index contributed by atoms with van der Waals surface area (Å²) >= 11 is 0. The van der Waals surface area contributed by atoms with E-state index in [2.05, 4.69) is 10.6 Å². The minimum absolute atomic E-state index is 0.0716. The van der Waals surface area contributed by atoms with Crippen molar-refractivity contribution in [1.82, 2.24) is 9.47 Å². The highest BCUT2D eigenvalue weighted by Crippen LogP contribution is 2.37. The molecule has 1 fully saturated rings. The molecule has 0 radical (unpaired) electrons. The van der Waals surface area contributed by atoms with Gasteiger partial charge in [-0.25, -0.2) is 0 Å². The van der Waals surface area contributed by atoms with Gasteiger partial charge in [0, 0.05) is 30.2 Å². The number of amides is 1. The van der Waals surface area contributed by atoms with Crippen molar-refractivity contribution in [2.24, 2.45) is 7.05 Å². The third-order valence-electron chi connectivity index (χ3n) is 5.98. The zero-order chi connectivity index (χ0) is 20.5. The largest absolute Gasteiger partial charge is 0.497 e. The van der Waals surface area contributed by atoms with Crippen molar-refractivity contribution < 1.29 is 14.3 Å². The van der Waals surface area contributed by atoms with Crippen LogP contribution in [0.3, 0.4) is 0 Å². The van der Waals surface area contributed by atoms with E-state index < -0.39 is 0 Å². The summed E-state index contributed by atoms with van der Waals surface area (Å²) in [5.74, 6) is 1.71. The minimum atomic E-state index is 0.0716. The van der Waals surface area contributed by atoms with Gasteiger partial charge < -0.3 is 18.9 Å². The summed E-state index contributed by atoms with van der Waals surface area (Å²) in [4.78, 5) is 15.8. The lowest BCUT2D eigenvalue weighted by molar-refractivity contribution is 0.0736. The van der Waals surface area contributed by atoms with E-state index in [1.165, 1.54) is 0 Å². The molecule has 1 aliphatic heterocycles. The number of rotatable bonds is 5. The molecular weight excluding hydrogens is 364 g/mol. The molecular formula is C24H28N2O3. The van der Waals surface area contributed by atoms with Crippen LogP contribution in [0.15, 0.2) is 42.5 Å². The van der Waals surface area contributed by atoms with Crippen LogP contribution in [0.4, 0.5) is 0 Å². The number of ether oxygens (including phenoxy) is 2. The first kappa shape index (κ1) is 19.4. The van der Waals surface area contributed by atoms with Gasteiger partial charge in [-0.15, -0.1) is 0 Å². The fourth-order valence-corrected chi connectivity index (χ4v) is 4.43. The number of fused-ring (bicyclic) bond motifs is 1. The Morgan fingerprint density at radius 1 is 1.17 bits per heavy atom. The van der Waals surface area contributed by atoms with Crippen molar-refractivity contribution in [2.45, 2.75) is 32.7 Å². The monoisotopic (exact) mass is 392 g/mol. The van der Waals surface area contributed by atoms with Crippen LogP contribution in [0.5, 0.6) is 11.5 Å². The average molecular weight is 392 g/mol. The van der Waals surface area contributed by atoms with Gasteiger partial charge in [0.25, 0.3) is 5.91 Å². The Balaban J connectivity index is 1.76. The van der Waals surface area contributed by atoms with Gasteiger partial charge in [-0.3, -0.25) is 4.79 Å². The summed E-state index contributed by atoms with van der Waals surface area (Å²) < 4.78 is 13.2. The highest BCUT2D eigenvalue weighted by molar-refractivity contribution is 6.09. The van der Waals surface area contributed by atoms with E-state index in [1.54, 1.807) is 7.11 Å². The molecule has 29 heavy (non-hydrogen) atoms.